The summed E-state index contributed by atoms with van der Waals surface area (Å²) in [5.74, 6) is 1.13. The minimum absolute atomic E-state index is 0. The molecule has 2 fully saturated rings. The first kappa shape index (κ1) is 24.7. The third-order valence-corrected chi connectivity index (χ3v) is 5.51. The molecule has 2 aliphatic heterocycles. The number of carbonyl (C=O) groups is 2. The average molecular weight is 548 g/mol. The van der Waals surface area contributed by atoms with Crippen molar-refractivity contribution in [1.82, 2.24) is 20.0 Å². The smallest absolute Gasteiger partial charge is 0.242 e. The number of benzene rings is 1. The van der Waals surface area contributed by atoms with Crippen LogP contribution in [0.4, 0.5) is 0 Å². The fraction of sp³-hybridized carbons (Fsp3) is 0.571. The Morgan fingerprint density at radius 3 is 2.50 bits per heavy atom. The first-order chi connectivity index (χ1) is 14.1. The number of nitrogens with zero attached hydrogens (tertiary/aromatic N) is 4. The second-order valence-corrected chi connectivity index (χ2v) is 7.87. The van der Waals surface area contributed by atoms with E-state index in [4.69, 9.17) is 11.6 Å². The Morgan fingerprint density at radius 2 is 1.87 bits per heavy atom. The Morgan fingerprint density at radius 1 is 1.10 bits per heavy atom. The van der Waals surface area contributed by atoms with Crippen LogP contribution in [-0.2, 0) is 16.1 Å². The van der Waals surface area contributed by atoms with E-state index in [-0.39, 0.29) is 35.8 Å². The van der Waals surface area contributed by atoms with Gasteiger partial charge in [0.1, 0.15) is 0 Å². The van der Waals surface area contributed by atoms with Crippen molar-refractivity contribution in [1.29, 1.82) is 0 Å². The second-order valence-electron chi connectivity index (χ2n) is 7.44. The van der Waals surface area contributed by atoms with Crippen molar-refractivity contribution < 1.29 is 9.59 Å². The van der Waals surface area contributed by atoms with E-state index < -0.39 is 0 Å². The molecule has 0 spiro atoms. The van der Waals surface area contributed by atoms with Crippen molar-refractivity contribution in [2.45, 2.75) is 32.7 Å². The lowest BCUT2D eigenvalue weighted by atomic mass is 10.2. The largest absolute Gasteiger partial charge is 0.357 e. The molecule has 1 aromatic rings. The van der Waals surface area contributed by atoms with Gasteiger partial charge in [-0.3, -0.25) is 14.6 Å². The van der Waals surface area contributed by atoms with E-state index in [1.807, 2.05) is 45.9 Å². The molecule has 9 heteroatoms. The quantitative estimate of drug-likeness (QED) is 0.247. The highest BCUT2D eigenvalue weighted by atomic mass is 127. The van der Waals surface area contributed by atoms with Crippen LogP contribution in [0.3, 0.4) is 0 Å². The zero-order valence-corrected chi connectivity index (χ0v) is 20.6. The first-order valence-corrected chi connectivity index (χ1v) is 10.8. The van der Waals surface area contributed by atoms with Gasteiger partial charge in [0.05, 0.1) is 6.54 Å². The molecule has 7 nitrogen and oxygen atoms in total. The number of nitrogens with one attached hydrogen (secondary N) is 1. The van der Waals surface area contributed by atoms with Crippen LogP contribution < -0.4 is 5.32 Å². The van der Waals surface area contributed by atoms with Crippen LogP contribution in [0.1, 0.15) is 31.7 Å². The van der Waals surface area contributed by atoms with Crippen LogP contribution in [0, 0.1) is 0 Å². The predicted molar refractivity (Wildman–Crippen MR) is 130 cm³/mol. The Labute approximate surface area is 200 Å². The van der Waals surface area contributed by atoms with Gasteiger partial charge >= 0.3 is 0 Å². The summed E-state index contributed by atoms with van der Waals surface area (Å²) in [6.07, 6.45) is 2.48. The number of guanidine groups is 1. The van der Waals surface area contributed by atoms with Crippen molar-refractivity contribution in [3.8, 4) is 0 Å². The molecule has 0 aliphatic carbocycles. The number of amides is 2. The zero-order valence-electron chi connectivity index (χ0n) is 17.5. The normalized spacial score (nSPS) is 17.4. The van der Waals surface area contributed by atoms with Crippen LogP contribution in [0.15, 0.2) is 29.3 Å². The highest BCUT2D eigenvalue weighted by molar-refractivity contribution is 14.0. The lowest BCUT2D eigenvalue weighted by molar-refractivity contribution is -0.135. The molecular formula is C21H31ClIN5O2. The third kappa shape index (κ3) is 7.01. The molecule has 2 amide bonds. The molecule has 0 bridgehead atoms. The summed E-state index contributed by atoms with van der Waals surface area (Å²) in [5.41, 5.74) is 1.08. The summed E-state index contributed by atoms with van der Waals surface area (Å²) in [4.78, 5) is 34.8. The van der Waals surface area contributed by atoms with Gasteiger partial charge in [-0.15, -0.1) is 24.0 Å². The summed E-state index contributed by atoms with van der Waals surface area (Å²) >= 11 is 5.94. The van der Waals surface area contributed by atoms with Gasteiger partial charge in [-0.05, 0) is 37.5 Å². The highest BCUT2D eigenvalue weighted by Crippen LogP contribution is 2.14. The number of piperazine rings is 1. The van der Waals surface area contributed by atoms with Gasteiger partial charge in [0.15, 0.2) is 5.96 Å². The molecule has 2 saturated heterocycles. The lowest BCUT2D eigenvalue weighted by Crippen LogP contribution is -2.55. The van der Waals surface area contributed by atoms with Crippen LogP contribution in [-0.4, -0.2) is 78.3 Å². The van der Waals surface area contributed by atoms with Crippen LogP contribution in [0.2, 0.25) is 5.02 Å². The SMILES string of the molecule is CCNC(=NCCCN1CCCC1=O)N1CCN(Cc2ccc(Cl)cc2)C(=O)C1.I. The highest BCUT2D eigenvalue weighted by Gasteiger charge is 2.26. The van der Waals surface area contributed by atoms with E-state index in [0.29, 0.717) is 37.6 Å². The van der Waals surface area contributed by atoms with Crippen molar-refractivity contribution in [3.05, 3.63) is 34.9 Å². The molecule has 0 radical (unpaired) electrons. The van der Waals surface area contributed by atoms with Gasteiger partial charge in [-0.2, -0.15) is 0 Å². The van der Waals surface area contributed by atoms with Crippen LogP contribution in [0.5, 0.6) is 0 Å². The Kier molecular flexibility index (Phi) is 10.2. The number of carbonyl (C=O) groups excluding carboxylic acids is 2. The number of hydrogen-bond donors (Lipinski definition) is 1. The monoisotopic (exact) mass is 547 g/mol. The molecule has 166 valence electrons. The molecule has 0 saturated carbocycles. The summed E-state index contributed by atoms with van der Waals surface area (Å²) in [6, 6.07) is 7.61. The van der Waals surface area contributed by atoms with E-state index in [1.54, 1.807) is 0 Å². The summed E-state index contributed by atoms with van der Waals surface area (Å²) < 4.78 is 0. The molecule has 0 unspecified atom stereocenters. The van der Waals surface area contributed by atoms with Crippen molar-refractivity contribution in [2.24, 2.45) is 4.99 Å². The molecule has 0 aromatic heterocycles. The maximum Gasteiger partial charge on any atom is 0.242 e. The van der Waals surface area contributed by atoms with E-state index in [9.17, 15) is 9.59 Å². The topological polar surface area (TPSA) is 68.2 Å². The summed E-state index contributed by atoms with van der Waals surface area (Å²) in [5, 5.41) is 3.99. The number of rotatable bonds is 7. The van der Waals surface area contributed by atoms with E-state index in [0.717, 1.165) is 50.5 Å². The maximum absolute atomic E-state index is 12.7. The van der Waals surface area contributed by atoms with Crippen molar-refractivity contribution >= 4 is 53.4 Å². The Balaban J connectivity index is 0.00000320. The number of hydrogen-bond acceptors (Lipinski definition) is 3. The number of halogens is 2. The zero-order chi connectivity index (χ0) is 20.6. The number of likely N-dealkylation sites (tertiary alicyclic amines) is 1. The molecule has 1 N–H and O–H groups in total. The molecule has 3 rings (SSSR count). The fourth-order valence-electron chi connectivity index (χ4n) is 3.68. The van der Waals surface area contributed by atoms with Crippen LogP contribution in [0.25, 0.3) is 0 Å². The van der Waals surface area contributed by atoms with Crippen LogP contribution >= 0.6 is 35.6 Å². The number of aliphatic imine (C=N–C) groups is 1. The van der Waals surface area contributed by atoms with E-state index >= 15 is 0 Å². The molecule has 30 heavy (non-hydrogen) atoms. The molecule has 0 atom stereocenters. The molecule has 2 heterocycles. The van der Waals surface area contributed by atoms with Crippen molar-refractivity contribution in [3.63, 3.8) is 0 Å². The van der Waals surface area contributed by atoms with Gasteiger partial charge in [-0.25, -0.2) is 0 Å². The second kappa shape index (κ2) is 12.3. The lowest BCUT2D eigenvalue weighted by Gasteiger charge is -2.36. The molecule has 2 aliphatic rings. The molecule has 1 aromatic carbocycles. The maximum atomic E-state index is 12.7. The molecular weight excluding hydrogens is 517 g/mol. The summed E-state index contributed by atoms with van der Waals surface area (Å²) in [7, 11) is 0. The summed E-state index contributed by atoms with van der Waals surface area (Å²) in [6.45, 7) is 7.38. The average Bonchev–Trinajstić information content (AvgIpc) is 3.12. The van der Waals surface area contributed by atoms with Gasteiger partial charge in [0.25, 0.3) is 0 Å². The Hall–Kier alpha value is -1.55. The minimum atomic E-state index is 0. The predicted octanol–water partition coefficient (Wildman–Crippen LogP) is 2.58. The van der Waals surface area contributed by atoms with Gasteiger partial charge in [-0.1, -0.05) is 23.7 Å². The minimum Gasteiger partial charge on any atom is -0.357 e. The standard InChI is InChI=1S/C21H30ClN5O2.HI/c1-2-23-21(24-10-4-12-25-11-3-5-19(25)28)27-14-13-26(20(29)16-27)15-17-6-8-18(22)9-7-17;/h6-9H,2-5,10-16H2,1H3,(H,23,24);1H. The van der Waals surface area contributed by atoms with Gasteiger partial charge in [0.2, 0.25) is 11.8 Å². The van der Waals surface area contributed by atoms with Crippen molar-refractivity contribution in [2.75, 3.05) is 45.8 Å². The third-order valence-electron chi connectivity index (χ3n) is 5.26. The first-order valence-electron chi connectivity index (χ1n) is 10.4. The van der Waals surface area contributed by atoms with Gasteiger partial charge < -0.3 is 20.0 Å². The fourth-order valence-corrected chi connectivity index (χ4v) is 3.81. The Bertz CT molecular complexity index is 743. The van der Waals surface area contributed by atoms with E-state index in [1.165, 1.54) is 0 Å². The van der Waals surface area contributed by atoms with E-state index in [2.05, 4.69) is 10.3 Å². The van der Waals surface area contributed by atoms with Gasteiger partial charge in [0, 0.05) is 57.3 Å².